The van der Waals surface area contributed by atoms with Crippen LogP contribution in [0.15, 0.2) is 0 Å². The molecule has 0 aromatic rings. The summed E-state index contributed by atoms with van der Waals surface area (Å²) in [5.41, 5.74) is -0.987. The average molecular weight is 282 g/mol. The molecule has 1 aliphatic rings. The molecule has 0 atom stereocenters. The van der Waals surface area contributed by atoms with E-state index in [4.69, 9.17) is 0 Å². The van der Waals surface area contributed by atoms with E-state index in [1.165, 1.54) is 4.90 Å². The van der Waals surface area contributed by atoms with Gasteiger partial charge in [-0.25, -0.2) is 0 Å². The second kappa shape index (κ2) is 5.77. The van der Waals surface area contributed by atoms with Crippen LogP contribution in [0, 0.1) is 0 Å². The third kappa shape index (κ3) is 4.38. The molecule has 0 saturated carbocycles. The SMILES string of the molecule is CC1(C)C(=O)NCC(=O)N1CCCOCC(F)(F)F. The Morgan fingerprint density at radius 2 is 2.00 bits per heavy atom. The summed E-state index contributed by atoms with van der Waals surface area (Å²) in [6.07, 6.45) is -4.10. The van der Waals surface area contributed by atoms with E-state index in [2.05, 4.69) is 10.1 Å². The van der Waals surface area contributed by atoms with Gasteiger partial charge in [0.15, 0.2) is 0 Å². The van der Waals surface area contributed by atoms with Crippen molar-refractivity contribution in [1.82, 2.24) is 10.2 Å². The Labute approximate surface area is 109 Å². The molecule has 1 saturated heterocycles. The fraction of sp³-hybridized carbons (Fsp3) is 0.818. The Balaban J connectivity index is 2.38. The number of halogens is 3. The van der Waals surface area contributed by atoms with Gasteiger partial charge in [0.2, 0.25) is 11.8 Å². The standard InChI is InChI=1S/C11H17F3N2O3/c1-10(2)9(18)15-6-8(17)16(10)4-3-5-19-7-11(12,13)14/h3-7H2,1-2H3,(H,15,18). The van der Waals surface area contributed by atoms with Crippen LogP contribution in [0.3, 0.4) is 0 Å². The van der Waals surface area contributed by atoms with Gasteiger partial charge in [0.25, 0.3) is 0 Å². The van der Waals surface area contributed by atoms with E-state index in [0.717, 1.165) is 0 Å². The molecule has 1 rings (SSSR count). The van der Waals surface area contributed by atoms with Crippen LogP contribution < -0.4 is 5.32 Å². The first kappa shape index (κ1) is 15.7. The maximum atomic E-state index is 11.8. The van der Waals surface area contributed by atoms with Crippen LogP contribution in [-0.2, 0) is 14.3 Å². The van der Waals surface area contributed by atoms with Gasteiger partial charge in [0.05, 0.1) is 6.54 Å². The van der Waals surface area contributed by atoms with Crippen LogP contribution in [0.4, 0.5) is 13.2 Å². The number of carbonyl (C=O) groups is 2. The number of hydrogen-bond donors (Lipinski definition) is 1. The van der Waals surface area contributed by atoms with Crippen molar-refractivity contribution >= 4 is 11.8 Å². The van der Waals surface area contributed by atoms with Gasteiger partial charge < -0.3 is 15.0 Å². The second-order valence-electron chi connectivity index (χ2n) is 4.81. The first-order valence-corrected chi connectivity index (χ1v) is 5.88. The van der Waals surface area contributed by atoms with Crippen LogP contribution in [-0.4, -0.2) is 54.7 Å². The maximum absolute atomic E-state index is 11.8. The highest BCUT2D eigenvalue weighted by molar-refractivity contribution is 5.97. The summed E-state index contributed by atoms with van der Waals surface area (Å²) in [5.74, 6) is -0.524. The number of piperazine rings is 1. The molecule has 0 aliphatic carbocycles. The number of nitrogens with one attached hydrogen (secondary N) is 1. The van der Waals surface area contributed by atoms with E-state index >= 15 is 0 Å². The zero-order chi connectivity index (χ0) is 14.7. The lowest BCUT2D eigenvalue weighted by molar-refractivity contribution is -0.174. The van der Waals surface area contributed by atoms with Crippen LogP contribution in [0.2, 0.25) is 0 Å². The van der Waals surface area contributed by atoms with Crippen molar-refractivity contribution in [3.8, 4) is 0 Å². The monoisotopic (exact) mass is 282 g/mol. The number of amides is 2. The summed E-state index contributed by atoms with van der Waals surface area (Å²) in [5, 5.41) is 2.46. The number of hydrogen-bond acceptors (Lipinski definition) is 3. The number of ether oxygens (including phenoxy) is 1. The predicted molar refractivity (Wildman–Crippen MR) is 60.3 cm³/mol. The summed E-state index contributed by atoms with van der Waals surface area (Å²) in [7, 11) is 0. The van der Waals surface area contributed by atoms with Gasteiger partial charge in [0.1, 0.15) is 12.1 Å². The zero-order valence-electron chi connectivity index (χ0n) is 10.8. The summed E-state index contributed by atoms with van der Waals surface area (Å²) in [6.45, 7) is 1.89. The fourth-order valence-corrected chi connectivity index (χ4v) is 1.82. The predicted octanol–water partition coefficient (Wildman–Crippen LogP) is 0.692. The highest BCUT2D eigenvalue weighted by atomic mass is 19.4. The molecule has 19 heavy (non-hydrogen) atoms. The lowest BCUT2D eigenvalue weighted by Crippen LogP contribution is -2.64. The fourth-order valence-electron chi connectivity index (χ4n) is 1.82. The quantitative estimate of drug-likeness (QED) is 0.755. The van der Waals surface area contributed by atoms with E-state index < -0.39 is 18.3 Å². The molecule has 0 unspecified atom stereocenters. The van der Waals surface area contributed by atoms with E-state index in [9.17, 15) is 22.8 Å². The molecular formula is C11H17F3N2O3. The smallest absolute Gasteiger partial charge is 0.372 e. The molecule has 1 heterocycles. The molecule has 0 aromatic carbocycles. The van der Waals surface area contributed by atoms with Gasteiger partial charge in [-0.1, -0.05) is 0 Å². The van der Waals surface area contributed by atoms with E-state index in [-0.39, 0.29) is 37.9 Å². The minimum atomic E-state index is -4.35. The van der Waals surface area contributed by atoms with Gasteiger partial charge in [-0.05, 0) is 20.3 Å². The minimum Gasteiger partial charge on any atom is -0.372 e. The van der Waals surface area contributed by atoms with Crippen molar-refractivity contribution in [3.63, 3.8) is 0 Å². The van der Waals surface area contributed by atoms with Crippen molar-refractivity contribution in [3.05, 3.63) is 0 Å². The Morgan fingerprint density at radius 3 is 2.58 bits per heavy atom. The Kier molecular flexibility index (Phi) is 4.78. The third-order valence-electron chi connectivity index (χ3n) is 2.87. The molecule has 0 radical (unpaired) electrons. The average Bonchev–Trinajstić information content (AvgIpc) is 2.26. The van der Waals surface area contributed by atoms with Crippen LogP contribution in [0.5, 0.6) is 0 Å². The van der Waals surface area contributed by atoms with Crippen LogP contribution >= 0.6 is 0 Å². The van der Waals surface area contributed by atoms with Gasteiger partial charge in [0, 0.05) is 13.2 Å². The van der Waals surface area contributed by atoms with E-state index in [1.54, 1.807) is 13.8 Å². The van der Waals surface area contributed by atoms with Gasteiger partial charge >= 0.3 is 6.18 Å². The molecular weight excluding hydrogens is 265 g/mol. The van der Waals surface area contributed by atoms with E-state index in [1.807, 2.05) is 0 Å². The van der Waals surface area contributed by atoms with Crippen LogP contribution in [0.1, 0.15) is 20.3 Å². The summed E-state index contributed by atoms with van der Waals surface area (Å²) >= 11 is 0. The topological polar surface area (TPSA) is 58.6 Å². The zero-order valence-corrected chi connectivity index (χ0v) is 10.8. The lowest BCUT2D eigenvalue weighted by atomic mass is 9.98. The molecule has 110 valence electrons. The third-order valence-corrected chi connectivity index (χ3v) is 2.87. The van der Waals surface area contributed by atoms with Gasteiger partial charge in [-0.3, -0.25) is 9.59 Å². The molecule has 0 aromatic heterocycles. The normalized spacial score (nSPS) is 19.5. The molecule has 5 nitrogen and oxygen atoms in total. The number of rotatable bonds is 5. The number of alkyl halides is 3. The van der Waals surface area contributed by atoms with Crippen molar-refractivity contribution in [1.29, 1.82) is 0 Å². The molecule has 2 amide bonds. The number of nitrogens with zero attached hydrogens (tertiary/aromatic N) is 1. The largest absolute Gasteiger partial charge is 0.411 e. The Bertz CT molecular complexity index is 356. The highest BCUT2D eigenvalue weighted by Crippen LogP contribution is 2.19. The highest BCUT2D eigenvalue weighted by Gasteiger charge is 2.41. The first-order valence-electron chi connectivity index (χ1n) is 5.88. The molecule has 1 fully saturated rings. The lowest BCUT2D eigenvalue weighted by Gasteiger charge is -2.41. The van der Waals surface area contributed by atoms with Crippen molar-refractivity contribution in [2.45, 2.75) is 32.0 Å². The summed E-state index contributed by atoms with van der Waals surface area (Å²) < 4.78 is 40.0. The number of carbonyl (C=O) groups excluding carboxylic acids is 2. The molecule has 0 spiro atoms. The molecule has 8 heteroatoms. The summed E-state index contributed by atoms with van der Waals surface area (Å²) in [6, 6.07) is 0. The summed E-state index contributed by atoms with van der Waals surface area (Å²) in [4.78, 5) is 24.6. The van der Waals surface area contributed by atoms with Gasteiger partial charge in [-0.15, -0.1) is 0 Å². The molecule has 0 bridgehead atoms. The minimum absolute atomic E-state index is 0.0777. The first-order chi connectivity index (χ1) is 8.64. The Hall–Kier alpha value is -1.31. The molecule has 1 N–H and O–H groups in total. The van der Waals surface area contributed by atoms with Crippen molar-refractivity contribution in [2.75, 3.05) is 26.3 Å². The Morgan fingerprint density at radius 1 is 1.37 bits per heavy atom. The van der Waals surface area contributed by atoms with Crippen LogP contribution in [0.25, 0.3) is 0 Å². The molecule has 1 aliphatic heterocycles. The van der Waals surface area contributed by atoms with Gasteiger partial charge in [-0.2, -0.15) is 13.2 Å². The van der Waals surface area contributed by atoms with Crippen molar-refractivity contribution < 1.29 is 27.5 Å². The van der Waals surface area contributed by atoms with Crippen molar-refractivity contribution in [2.24, 2.45) is 0 Å². The van der Waals surface area contributed by atoms with E-state index in [0.29, 0.717) is 0 Å². The maximum Gasteiger partial charge on any atom is 0.411 e. The second-order valence-corrected chi connectivity index (χ2v) is 4.81.